The third kappa shape index (κ3) is 6.23. The van der Waals surface area contributed by atoms with Gasteiger partial charge in [0.2, 0.25) is 5.43 Å². The van der Waals surface area contributed by atoms with Crippen LogP contribution in [0.5, 0.6) is 23.0 Å². The highest BCUT2D eigenvalue weighted by molar-refractivity contribution is 6.31. The minimum absolute atomic E-state index is 0.112. The first kappa shape index (κ1) is 25.0. The number of carbonyl (C=O) groups is 1. The van der Waals surface area contributed by atoms with Crippen molar-refractivity contribution >= 4 is 23.2 Å². The Labute approximate surface area is 203 Å². The van der Waals surface area contributed by atoms with Crippen LogP contribution in [0.4, 0.5) is 5.69 Å². The van der Waals surface area contributed by atoms with Crippen LogP contribution < -0.4 is 29.7 Å². The average Bonchev–Trinajstić information content (AvgIpc) is 2.83. The van der Waals surface area contributed by atoms with Crippen molar-refractivity contribution in [1.29, 1.82) is 0 Å². The van der Waals surface area contributed by atoms with Crippen LogP contribution in [0.25, 0.3) is 0 Å². The number of benzene rings is 2. The summed E-state index contributed by atoms with van der Waals surface area (Å²) in [7, 11) is 3.09. The quantitative estimate of drug-likeness (QED) is 0.461. The number of rotatable bonds is 10. The van der Waals surface area contributed by atoms with E-state index in [-0.39, 0.29) is 17.8 Å². The van der Waals surface area contributed by atoms with Gasteiger partial charge in [-0.05, 0) is 49.7 Å². The third-order valence-corrected chi connectivity index (χ3v) is 5.56. The Balaban J connectivity index is 1.61. The molecular formula is C25H27ClN2O6. The summed E-state index contributed by atoms with van der Waals surface area (Å²) in [6.45, 7) is 4.11. The number of halogens is 1. The summed E-state index contributed by atoms with van der Waals surface area (Å²) in [5.74, 6) is 1.57. The molecule has 2 aromatic carbocycles. The lowest BCUT2D eigenvalue weighted by atomic mass is 10.2. The Morgan fingerprint density at radius 3 is 2.38 bits per heavy atom. The SMILES string of the molecule is COc1ccc(OCCn2ccc(=O)c(OCC(=O)Nc3cc(C)c(Cl)cc3OC)c2C)cc1. The number of anilines is 1. The monoisotopic (exact) mass is 486 g/mol. The van der Waals surface area contributed by atoms with Crippen molar-refractivity contribution in [2.75, 3.05) is 32.8 Å². The van der Waals surface area contributed by atoms with Gasteiger partial charge in [-0.25, -0.2) is 0 Å². The van der Waals surface area contributed by atoms with E-state index < -0.39 is 5.91 Å². The first-order valence-corrected chi connectivity index (χ1v) is 10.9. The minimum atomic E-state index is -0.433. The van der Waals surface area contributed by atoms with Crippen molar-refractivity contribution in [1.82, 2.24) is 4.57 Å². The Morgan fingerprint density at radius 2 is 1.71 bits per heavy atom. The van der Waals surface area contributed by atoms with Crippen LogP contribution in [0.15, 0.2) is 53.5 Å². The molecule has 0 aliphatic heterocycles. The molecule has 180 valence electrons. The van der Waals surface area contributed by atoms with Crippen molar-refractivity contribution in [2.45, 2.75) is 20.4 Å². The second kappa shape index (κ2) is 11.5. The molecule has 0 radical (unpaired) electrons. The molecule has 0 aliphatic carbocycles. The first-order valence-electron chi connectivity index (χ1n) is 10.6. The molecule has 0 fully saturated rings. The molecule has 1 aromatic heterocycles. The maximum atomic E-state index is 12.5. The van der Waals surface area contributed by atoms with E-state index >= 15 is 0 Å². The standard InChI is InChI=1S/C25H27ClN2O6/c1-16-13-21(23(32-4)14-20(16)26)27-24(30)15-34-25-17(2)28(10-9-22(25)29)11-12-33-19-7-5-18(31-3)6-8-19/h5-10,13-14H,11-12,15H2,1-4H3,(H,27,30). The van der Waals surface area contributed by atoms with E-state index in [0.717, 1.165) is 11.3 Å². The van der Waals surface area contributed by atoms with Crippen molar-refractivity contribution < 1.29 is 23.7 Å². The smallest absolute Gasteiger partial charge is 0.262 e. The number of methoxy groups -OCH3 is 2. The number of aryl methyl sites for hydroxylation is 1. The van der Waals surface area contributed by atoms with Gasteiger partial charge in [-0.15, -0.1) is 0 Å². The van der Waals surface area contributed by atoms with E-state index in [1.54, 1.807) is 32.4 Å². The molecule has 0 aliphatic rings. The van der Waals surface area contributed by atoms with Crippen molar-refractivity contribution in [3.05, 3.63) is 75.2 Å². The van der Waals surface area contributed by atoms with Gasteiger partial charge in [0.15, 0.2) is 12.4 Å². The largest absolute Gasteiger partial charge is 0.497 e. The fourth-order valence-electron chi connectivity index (χ4n) is 3.26. The van der Waals surface area contributed by atoms with Gasteiger partial charge in [0.05, 0.1) is 32.1 Å². The van der Waals surface area contributed by atoms with E-state index in [4.69, 9.17) is 30.5 Å². The highest BCUT2D eigenvalue weighted by Crippen LogP contribution is 2.30. The van der Waals surface area contributed by atoms with Crippen LogP contribution in [-0.4, -0.2) is 37.9 Å². The Kier molecular flexibility index (Phi) is 8.43. The van der Waals surface area contributed by atoms with E-state index in [0.29, 0.717) is 41.1 Å². The number of pyridine rings is 1. The summed E-state index contributed by atoms with van der Waals surface area (Å²) in [5.41, 5.74) is 1.55. The third-order valence-electron chi connectivity index (χ3n) is 5.15. The molecule has 3 rings (SSSR count). The van der Waals surface area contributed by atoms with Crippen molar-refractivity contribution in [2.24, 2.45) is 0 Å². The zero-order valence-electron chi connectivity index (χ0n) is 19.5. The molecule has 8 nitrogen and oxygen atoms in total. The predicted octanol–water partition coefficient (Wildman–Crippen LogP) is 4.23. The number of ether oxygens (including phenoxy) is 4. The molecule has 9 heteroatoms. The van der Waals surface area contributed by atoms with E-state index in [1.807, 2.05) is 35.8 Å². The molecule has 0 spiro atoms. The van der Waals surface area contributed by atoms with E-state index in [9.17, 15) is 9.59 Å². The topological polar surface area (TPSA) is 88.0 Å². The lowest BCUT2D eigenvalue weighted by Gasteiger charge is -2.16. The summed E-state index contributed by atoms with van der Waals surface area (Å²) in [6, 6.07) is 12.0. The summed E-state index contributed by atoms with van der Waals surface area (Å²) in [4.78, 5) is 24.8. The van der Waals surface area contributed by atoms with Gasteiger partial charge in [0.25, 0.3) is 5.91 Å². The van der Waals surface area contributed by atoms with Gasteiger partial charge in [0.1, 0.15) is 23.9 Å². The van der Waals surface area contributed by atoms with Crippen LogP contribution in [0.3, 0.4) is 0 Å². The molecule has 34 heavy (non-hydrogen) atoms. The molecule has 0 atom stereocenters. The summed E-state index contributed by atoms with van der Waals surface area (Å²) >= 11 is 6.11. The van der Waals surface area contributed by atoms with E-state index in [2.05, 4.69) is 5.32 Å². The molecular weight excluding hydrogens is 460 g/mol. The molecule has 1 heterocycles. The number of amides is 1. The second-order valence-electron chi connectivity index (χ2n) is 7.45. The van der Waals surface area contributed by atoms with E-state index in [1.165, 1.54) is 13.2 Å². The van der Waals surface area contributed by atoms with Crippen LogP contribution in [0.1, 0.15) is 11.3 Å². The van der Waals surface area contributed by atoms with Crippen LogP contribution in [0.2, 0.25) is 5.02 Å². The summed E-state index contributed by atoms with van der Waals surface area (Å²) in [5, 5.41) is 3.26. The van der Waals surface area contributed by atoms with Gasteiger partial charge in [-0.1, -0.05) is 11.6 Å². The maximum absolute atomic E-state index is 12.5. The number of hydrogen-bond donors (Lipinski definition) is 1. The van der Waals surface area contributed by atoms with Crippen LogP contribution >= 0.6 is 11.6 Å². The molecule has 0 saturated carbocycles. The normalized spacial score (nSPS) is 10.5. The second-order valence-corrected chi connectivity index (χ2v) is 7.86. The van der Waals surface area contributed by atoms with Gasteiger partial charge in [0, 0.05) is 23.4 Å². The fraction of sp³-hybridized carbons (Fsp3) is 0.280. The minimum Gasteiger partial charge on any atom is -0.497 e. The zero-order valence-corrected chi connectivity index (χ0v) is 20.3. The van der Waals surface area contributed by atoms with Crippen molar-refractivity contribution in [3.8, 4) is 23.0 Å². The molecule has 0 saturated heterocycles. The van der Waals surface area contributed by atoms with Gasteiger partial charge >= 0.3 is 0 Å². The summed E-state index contributed by atoms with van der Waals surface area (Å²) < 4.78 is 23.6. The highest BCUT2D eigenvalue weighted by atomic mass is 35.5. The maximum Gasteiger partial charge on any atom is 0.262 e. The molecule has 1 N–H and O–H groups in total. The lowest BCUT2D eigenvalue weighted by Crippen LogP contribution is -2.24. The summed E-state index contributed by atoms with van der Waals surface area (Å²) in [6.07, 6.45) is 1.67. The van der Waals surface area contributed by atoms with Gasteiger partial charge in [-0.2, -0.15) is 0 Å². The molecule has 0 bridgehead atoms. The number of carbonyl (C=O) groups excluding carboxylic acids is 1. The van der Waals surface area contributed by atoms with Crippen LogP contribution in [0, 0.1) is 13.8 Å². The fourth-order valence-corrected chi connectivity index (χ4v) is 3.41. The number of nitrogens with one attached hydrogen (secondary N) is 1. The predicted molar refractivity (Wildman–Crippen MR) is 131 cm³/mol. The first-order chi connectivity index (χ1) is 16.3. The number of hydrogen-bond acceptors (Lipinski definition) is 6. The number of aromatic nitrogens is 1. The average molecular weight is 487 g/mol. The van der Waals surface area contributed by atoms with Crippen molar-refractivity contribution in [3.63, 3.8) is 0 Å². The Hall–Kier alpha value is -3.65. The molecule has 1 amide bonds. The zero-order chi connectivity index (χ0) is 24.7. The van der Waals surface area contributed by atoms with Gasteiger partial charge < -0.3 is 28.8 Å². The van der Waals surface area contributed by atoms with Gasteiger partial charge in [-0.3, -0.25) is 9.59 Å². The highest BCUT2D eigenvalue weighted by Gasteiger charge is 2.14. The van der Waals surface area contributed by atoms with Crippen LogP contribution in [-0.2, 0) is 11.3 Å². The Morgan fingerprint density at radius 1 is 1.00 bits per heavy atom. The Bertz CT molecular complexity index is 1210. The number of nitrogens with zero attached hydrogens (tertiary/aromatic N) is 1. The molecule has 0 unspecified atom stereocenters. The lowest BCUT2D eigenvalue weighted by molar-refractivity contribution is -0.118. The molecule has 3 aromatic rings.